The Morgan fingerprint density at radius 1 is 1.15 bits per heavy atom. The molecule has 20 heavy (non-hydrogen) atoms. The van der Waals surface area contributed by atoms with E-state index in [9.17, 15) is 0 Å². The van der Waals surface area contributed by atoms with E-state index in [-0.39, 0.29) is 0 Å². The van der Waals surface area contributed by atoms with E-state index in [0.717, 1.165) is 18.4 Å². The molecule has 1 aliphatic carbocycles. The highest BCUT2D eigenvalue weighted by molar-refractivity contribution is 4.85. The van der Waals surface area contributed by atoms with E-state index in [0.29, 0.717) is 17.6 Å². The van der Waals surface area contributed by atoms with Gasteiger partial charge in [-0.05, 0) is 68.6 Å². The fraction of sp³-hybridized carbons (Fsp3) is 1.00. The van der Waals surface area contributed by atoms with Gasteiger partial charge >= 0.3 is 0 Å². The maximum atomic E-state index is 5.82. The van der Waals surface area contributed by atoms with Gasteiger partial charge in [-0.2, -0.15) is 0 Å². The van der Waals surface area contributed by atoms with Crippen molar-refractivity contribution in [1.82, 2.24) is 5.43 Å². The molecule has 118 valence electrons. The topological polar surface area (TPSA) is 47.3 Å². The Balaban J connectivity index is 1.74. The van der Waals surface area contributed by atoms with Crippen LogP contribution in [-0.2, 0) is 4.74 Å². The third-order valence-corrected chi connectivity index (χ3v) is 5.60. The summed E-state index contributed by atoms with van der Waals surface area (Å²) in [6.45, 7) is 8.11. The molecule has 2 aliphatic rings. The van der Waals surface area contributed by atoms with Crippen LogP contribution in [0.2, 0.25) is 0 Å². The van der Waals surface area contributed by atoms with E-state index in [1.165, 1.54) is 51.4 Å². The normalized spacial score (nSPS) is 33.3. The van der Waals surface area contributed by atoms with Crippen molar-refractivity contribution >= 4 is 0 Å². The van der Waals surface area contributed by atoms with Gasteiger partial charge in [0.1, 0.15) is 0 Å². The van der Waals surface area contributed by atoms with E-state index in [2.05, 4.69) is 26.2 Å². The second-order valence-electron chi connectivity index (χ2n) is 7.96. The molecule has 0 aromatic rings. The molecule has 2 unspecified atom stereocenters. The summed E-state index contributed by atoms with van der Waals surface area (Å²) >= 11 is 0. The van der Waals surface area contributed by atoms with Gasteiger partial charge in [0.2, 0.25) is 0 Å². The van der Waals surface area contributed by atoms with Crippen molar-refractivity contribution in [3.63, 3.8) is 0 Å². The van der Waals surface area contributed by atoms with Gasteiger partial charge in [-0.25, -0.2) is 0 Å². The van der Waals surface area contributed by atoms with Gasteiger partial charge in [0.15, 0.2) is 0 Å². The molecule has 1 saturated carbocycles. The number of hydrazine groups is 1. The Morgan fingerprint density at radius 2 is 1.85 bits per heavy atom. The largest absolute Gasteiger partial charge is 0.378 e. The van der Waals surface area contributed by atoms with Gasteiger partial charge in [0.05, 0.1) is 6.10 Å². The second kappa shape index (κ2) is 7.24. The second-order valence-corrected chi connectivity index (χ2v) is 7.96. The van der Waals surface area contributed by atoms with Crippen molar-refractivity contribution in [2.24, 2.45) is 23.1 Å². The van der Waals surface area contributed by atoms with Gasteiger partial charge in [-0.15, -0.1) is 0 Å². The minimum Gasteiger partial charge on any atom is -0.378 e. The zero-order valence-electron chi connectivity index (χ0n) is 13.7. The van der Waals surface area contributed by atoms with Crippen LogP contribution in [-0.4, -0.2) is 18.8 Å². The zero-order chi connectivity index (χ0) is 14.6. The predicted octanol–water partition coefficient (Wildman–Crippen LogP) is 3.63. The summed E-state index contributed by atoms with van der Waals surface area (Å²) in [5, 5.41) is 0. The minimum atomic E-state index is 0.467. The smallest absolute Gasteiger partial charge is 0.0576 e. The Kier molecular flexibility index (Phi) is 5.88. The first-order valence-corrected chi connectivity index (χ1v) is 8.58. The zero-order valence-corrected chi connectivity index (χ0v) is 13.7. The first-order chi connectivity index (χ1) is 9.50. The highest BCUT2D eigenvalue weighted by atomic mass is 16.5. The van der Waals surface area contributed by atoms with E-state index in [1.54, 1.807) is 0 Å². The summed E-state index contributed by atoms with van der Waals surface area (Å²) in [5.41, 5.74) is 3.56. The highest BCUT2D eigenvalue weighted by Crippen LogP contribution is 2.41. The fourth-order valence-corrected chi connectivity index (χ4v) is 4.08. The Hall–Kier alpha value is -0.120. The molecule has 1 heterocycles. The molecule has 2 rings (SSSR count). The lowest BCUT2D eigenvalue weighted by molar-refractivity contribution is 0.0900. The lowest BCUT2D eigenvalue weighted by Crippen LogP contribution is -2.43. The van der Waals surface area contributed by atoms with Crippen LogP contribution in [0.25, 0.3) is 0 Å². The molecule has 0 radical (unpaired) electrons. The number of hydrogen-bond acceptors (Lipinski definition) is 3. The van der Waals surface area contributed by atoms with Crippen molar-refractivity contribution in [2.75, 3.05) is 6.61 Å². The summed E-state index contributed by atoms with van der Waals surface area (Å²) in [6, 6.07) is 0.486. The van der Waals surface area contributed by atoms with Crippen LogP contribution in [0.1, 0.15) is 72.1 Å². The first-order valence-electron chi connectivity index (χ1n) is 8.58. The molecule has 0 spiro atoms. The number of rotatable bonds is 5. The van der Waals surface area contributed by atoms with Crippen molar-refractivity contribution in [3.05, 3.63) is 0 Å². The van der Waals surface area contributed by atoms with E-state index < -0.39 is 0 Å². The maximum absolute atomic E-state index is 5.82. The molecule has 0 aromatic heterocycles. The number of ether oxygens (including phenoxy) is 1. The van der Waals surface area contributed by atoms with Crippen molar-refractivity contribution in [2.45, 2.75) is 84.3 Å². The molecule has 0 amide bonds. The molecule has 3 nitrogen and oxygen atoms in total. The molecule has 3 N–H and O–H groups in total. The average molecular weight is 282 g/mol. The van der Waals surface area contributed by atoms with Crippen LogP contribution in [0, 0.1) is 17.3 Å². The Bertz CT molecular complexity index is 273. The lowest BCUT2D eigenvalue weighted by Gasteiger charge is -2.39. The van der Waals surface area contributed by atoms with Gasteiger partial charge in [-0.3, -0.25) is 11.3 Å². The molecular formula is C17H34N2O. The summed E-state index contributed by atoms with van der Waals surface area (Å²) in [4.78, 5) is 0. The quantitative estimate of drug-likeness (QED) is 0.598. The van der Waals surface area contributed by atoms with Gasteiger partial charge < -0.3 is 4.74 Å². The van der Waals surface area contributed by atoms with E-state index in [1.807, 2.05) is 0 Å². The van der Waals surface area contributed by atoms with Crippen molar-refractivity contribution < 1.29 is 4.74 Å². The number of hydrogen-bond donors (Lipinski definition) is 2. The molecule has 0 aromatic carbocycles. The number of nitrogens with two attached hydrogens (primary N) is 1. The molecule has 2 atom stereocenters. The summed E-state index contributed by atoms with van der Waals surface area (Å²) < 4.78 is 5.73. The lowest BCUT2D eigenvalue weighted by atomic mass is 9.68. The molecule has 2 fully saturated rings. The third kappa shape index (κ3) is 4.44. The fourth-order valence-electron chi connectivity index (χ4n) is 4.08. The first kappa shape index (κ1) is 16.3. The van der Waals surface area contributed by atoms with Gasteiger partial charge in [0, 0.05) is 12.6 Å². The Morgan fingerprint density at radius 3 is 2.35 bits per heavy atom. The SMILES string of the molecule is CC(C)(C)C1CCC(C(CCC2CCCO2)NN)CC1. The summed E-state index contributed by atoms with van der Waals surface area (Å²) in [6.07, 6.45) is 10.7. The molecule has 3 heteroatoms. The third-order valence-electron chi connectivity index (χ3n) is 5.60. The highest BCUT2D eigenvalue weighted by Gasteiger charge is 2.32. The molecule has 1 saturated heterocycles. The van der Waals surface area contributed by atoms with E-state index >= 15 is 0 Å². The van der Waals surface area contributed by atoms with Crippen molar-refractivity contribution in [3.8, 4) is 0 Å². The van der Waals surface area contributed by atoms with Crippen LogP contribution in [0.5, 0.6) is 0 Å². The molecule has 0 bridgehead atoms. The maximum Gasteiger partial charge on any atom is 0.0576 e. The predicted molar refractivity (Wildman–Crippen MR) is 84.2 cm³/mol. The Labute approximate surface area is 125 Å². The number of nitrogens with one attached hydrogen (secondary N) is 1. The molecule has 1 aliphatic heterocycles. The van der Waals surface area contributed by atoms with Crippen LogP contribution in [0.3, 0.4) is 0 Å². The van der Waals surface area contributed by atoms with E-state index in [4.69, 9.17) is 10.6 Å². The summed E-state index contributed by atoms with van der Waals surface area (Å²) in [5.74, 6) is 7.47. The van der Waals surface area contributed by atoms with Crippen LogP contribution in [0.4, 0.5) is 0 Å². The molecular weight excluding hydrogens is 248 g/mol. The van der Waals surface area contributed by atoms with Gasteiger partial charge in [-0.1, -0.05) is 20.8 Å². The summed E-state index contributed by atoms with van der Waals surface area (Å²) in [7, 11) is 0. The van der Waals surface area contributed by atoms with Crippen LogP contribution in [0.15, 0.2) is 0 Å². The standard InChI is InChI=1S/C17H34N2O/c1-17(2,3)14-8-6-13(7-9-14)16(19-18)11-10-15-5-4-12-20-15/h13-16,19H,4-12,18H2,1-3H3. The minimum absolute atomic E-state index is 0.467. The van der Waals surface area contributed by atoms with Crippen LogP contribution >= 0.6 is 0 Å². The van der Waals surface area contributed by atoms with Crippen LogP contribution < -0.4 is 11.3 Å². The monoisotopic (exact) mass is 282 g/mol. The van der Waals surface area contributed by atoms with Crippen molar-refractivity contribution in [1.29, 1.82) is 0 Å². The van der Waals surface area contributed by atoms with Gasteiger partial charge in [0.25, 0.3) is 0 Å². The average Bonchev–Trinajstić information content (AvgIpc) is 2.92.